The quantitative estimate of drug-likeness (QED) is 0.699. The largest absolute Gasteiger partial charge is 0.320 e. The van der Waals surface area contributed by atoms with E-state index in [4.69, 9.17) is 0 Å². The van der Waals surface area contributed by atoms with Gasteiger partial charge in [0.05, 0.1) is 0 Å². The summed E-state index contributed by atoms with van der Waals surface area (Å²) >= 11 is 0. The number of nitrogens with one attached hydrogen (secondary N) is 1. The summed E-state index contributed by atoms with van der Waals surface area (Å²) < 4.78 is 0. The lowest BCUT2D eigenvalue weighted by atomic mass is 9.82. The first-order valence-corrected chi connectivity index (χ1v) is 4.58. The number of hydrogen-bond acceptors (Lipinski definition) is 2. The molecule has 2 heteroatoms. The van der Waals surface area contributed by atoms with Crippen molar-refractivity contribution in [3.8, 4) is 0 Å². The lowest BCUT2D eigenvalue weighted by molar-refractivity contribution is -0.130. The van der Waals surface area contributed by atoms with Gasteiger partial charge in [-0.2, -0.15) is 0 Å². The second-order valence-electron chi connectivity index (χ2n) is 4.41. The molecule has 0 aromatic heterocycles. The van der Waals surface area contributed by atoms with Gasteiger partial charge in [0.15, 0.2) is 0 Å². The van der Waals surface area contributed by atoms with Gasteiger partial charge in [0, 0.05) is 11.3 Å². The number of carbonyl (C=O) groups is 1. The van der Waals surface area contributed by atoms with Crippen LogP contribution >= 0.6 is 0 Å². The minimum absolute atomic E-state index is 0.178. The van der Waals surface area contributed by atoms with E-state index in [1.165, 1.54) is 0 Å². The van der Waals surface area contributed by atoms with Gasteiger partial charge < -0.3 is 5.32 Å². The van der Waals surface area contributed by atoms with Gasteiger partial charge in [-0.15, -0.1) is 0 Å². The molecule has 0 heterocycles. The maximum atomic E-state index is 11.6. The Hall–Kier alpha value is -0.370. The van der Waals surface area contributed by atoms with Crippen molar-refractivity contribution in [2.24, 2.45) is 11.3 Å². The topological polar surface area (TPSA) is 29.1 Å². The second-order valence-corrected chi connectivity index (χ2v) is 4.41. The molecular weight excluding hydrogens is 150 g/mol. The molecule has 0 amide bonds. The van der Waals surface area contributed by atoms with E-state index in [0.717, 1.165) is 13.0 Å². The van der Waals surface area contributed by atoms with Gasteiger partial charge in [0.2, 0.25) is 0 Å². The highest BCUT2D eigenvalue weighted by molar-refractivity contribution is 5.85. The molecule has 0 spiro atoms. The Labute approximate surface area is 75.7 Å². The zero-order chi connectivity index (χ0) is 9.78. The number of rotatable bonds is 4. The first-order valence-electron chi connectivity index (χ1n) is 4.58. The second kappa shape index (κ2) is 4.61. The maximum absolute atomic E-state index is 11.6. The fraction of sp³-hybridized carbons (Fsp3) is 0.900. The third kappa shape index (κ3) is 3.86. The van der Waals surface area contributed by atoms with Crippen LogP contribution in [0.1, 0.15) is 34.1 Å². The molecule has 0 aliphatic carbocycles. The Morgan fingerprint density at radius 1 is 1.42 bits per heavy atom. The summed E-state index contributed by atoms with van der Waals surface area (Å²) in [4.78, 5) is 11.6. The molecule has 0 radical (unpaired) electrons. The van der Waals surface area contributed by atoms with Crippen LogP contribution in [0.2, 0.25) is 0 Å². The van der Waals surface area contributed by atoms with Crippen molar-refractivity contribution in [2.45, 2.75) is 34.1 Å². The maximum Gasteiger partial charge on any atom is 0.141 e. The molecule has 0 saturated heterocycles. The van der Waals surface area contributed by atoms with Crippen LogP contribution in [0.25, 0.3) is 0 Å². The third-order valence-electron chi connectivity index (χ3n) is 2.01. The summed E-state index contributed by atoms with van der Waals surface area (Å²) in [5, 5.41) is 3.05. The number of ketones is 1. The third-order valence-corrected chi connectivity index (χ3v) is 2.01. The van der Waals surface area contributed by atoms with Crippen LogP contribution in [0, 0.1) is 11.3 Å². The van der Waals surface area contributed by atoms with E-state index in [1.54, 1.807) is 0 Å². The predicted molar refractivity (Wildman–Crippen MR) is 52.2 cm³/mol. The molecule has 0 rings (SSSR count). The summed E-state index contributed by atoms with van der Waals surface area (Å²) in [6, 6.07) is 0. The van der Waals surface area contributed by atoms with Crippen molar-refractivity contribution < 1.29 is 4.79 Å². The molecule has 1 atom stereocenters. The molecule has 0 aromatic carbocycles. The Kier molecular flexibility index (Phi) is 4.46. The fourth-order valence-corrected chi connectivity index (χ4v) is 1.23. The van der Waals surface area contributed by atoms with Crippen molar-refractivity contribution in [3.63, 3.8) is 0 Å². The molecule has 0 aromatic rings. The smallest absolute Gasteiger partial charge is 0.141 e. The number of carbonyl (C=O) groups excluding carboxylic acids is 1. The Balaban J connectivity index is 3.94. The monoisotopic (exact) mass is 171 g/mol. The molecule has 0 aliphatic rings. The summed E-state index contributed by atoms with van der Waals surface area (Å²) in [5.74, 6) is 0.537. The van der Waals surface area contributed by atoms with E-state index in [1.807, 2.05) is 34.7 Å². The average molecular weight is 171 g/mol. The van der Waals surface area contributed by atoms with Crippen molar-refractivity contribution >= 4 is 5.78 Å². The van der Waals surface area contributed by atoms with Gasteiger partial charge in [-0.3, -0.25) is 4.79 Å². The molecule has 0 bridgehead atoms. The van der Waals surface area contributed by atoms with E-state index >= 15 is 0 Å². The minimum atomic E-state index is -0.187. The van der Waals surface area contributed by atoms with Crippen LogP contribution in [0.5, 0.6) is 0 Å². The highest BCUT2D eigenvalue weighted by Crippen LogP contribution is 2.21. The summed E-state index contributed by atoms with van der Waals surface area (Å²) in [6.07, 6.45) is 0.937. The normalized spacial score (nSPS) is 14.4. The minimum Gasteiger partial charge on any atom is -0.320 e. The van der Waals surface area contributed by atoms with Crippen LogP contribution in [-0.4, -0.2) is 19.4 Å². The van der Waals surface area contributed by atoms with Crippen molar-refractivity contribution in [1.29, 1.82) is 0 Å². The van der Waals surface area contributed by atoms with Crippen LogP contribution in [0.15, 0.2) is 0 Å². The van der Waals surface area contributed by atoms with Gasteiger partial charge >= 0.3 is 0 Å². The van der Waals surface area contributed by atoms with E-state index < -0.39 is 0 Å². The number of Topliss-reactive ketones (excluding diaryl/α,β-unsaturated/α-hetero) is 1. The van der Waals surface area contributed by atoms with Crippen molar-refractivity contribution in [2.75, 3.05) is 13.6 Å². The van der Waals surface area contributed by atoms with Crippen LogP contribution in [-0.2, 0) is 4.79 Å². The Bertz CT molecular complexity index is 146. The van der Waals surface area contributed by atoms with Crippen LogP contribution in [0.4, 0.5) is 0 Å². The van der Waals surface area contributed by atoms with Crippen molar-refractivity contribution in [1.82, 2.24) is 5.32 Å². The first-order chi connectivity index (χ1) is 5.39. The highest BCUT2D eigenvalue weighted by atomic mass is 16.1. The molecular formula is C10H21NO. The van der Waals surface area contributed by atoms with Crippen molar-refractivity contribution in [3.05, 3.63) is 0 Å². The van der Waals surface area contributed by atoms with E-state index in [0.29, 0.717) is 5.78 Å². The van der Waals surface area contributed by atoms with Gasteiger partial charge in [0.25, 0.3) is 0 Å². The van der Waals surface area contributed by atoms with Crippen LogP contribution < -0.4 is 5.32 Å². The molecule has 12 heavy (non-hydrogen) atoms. The molecule has 72 valence electrons. The summed E-state index contributed by atoms with van der Waals surface area (Å²) in [7, 11) is 1.91. The molecule has 0 saturated carbocycles. The number of hydrogen-bond donors (Lipinski definition) is 1. The van der Waals surface area contributed by atoms with E-state index in [-0.39, 0.29) is 11.3 Å². The van der Waals surface area contributed by atoms with Gasteiger partial charge in [-0.1, -0.05) is 27.7 Å². The molecule has 0 fully saturated rings. The van der Waals surface area contributed by atoms with Gasteiger partial charge in [-0.05, 0) is 20.0 Å². The average Bonchev–Trinajstić information content (AvgIpc) is 1.97. The fourth-order valence-electron chi connectivity index (χ4n) is 1.23. The Morgan fingerprint density at radius 3 is 2.25 bits per heavy atom. The SMILES string of the molecule is CNCCC(C)C(=O)C(C)(C)C. The van der Waals surface area contributed by atoms with E-state index in [2.05, 4.69) is 5.32 Å². The standard InChI is InChI=1S/C10H21NO/c1-8(6-7-11-5)9(12)10(2,3)4/h8,11H,6-7H2,1-5H3. The molecule has 1 unspecified atom stereocenters. The summed E-state index contributed by atoms with van der Waals surface area (Å²) in [6.45, 7) is 8.86. The predicted octanol–water partition coefficient (Wildman–Crippen LogP) is 1.85. The first kappa shape index (κ1) is 11.6. The van der Waals surface area contributed by atoms with Crippen LogP contribution in [0.3, 0.4) is 0 Å². The summed E-state index contributed by atoms with van der Waals surface area (Å²) in [5.41, 5.74) is -0.187. The lowest BCUT2D eigenvalue weighted by Gasteiger charge is -2.21. The highest BCUT2D eigenvalue weighted by Gasteiger charge is 2.25. The van der Waals surface area contributed by atoms with Gasteiger partial charge in [-0.25, -0.2) is 0 Å². The molecule has 1 N–H and O–H groups in total. The zero-order valence-corrected chi connectivity index (χ0v) is 8.90. The lowest BCUT2D eigenvalue weighted by Crippen LogP contribution is -2.28. The van der Waals surface area contributed by atoms with Gasteiger partial charge in [0.1, 0.15) is 5.78 Å². The van der Waals surface area contributed by atoms with E-state index in [9.17, 15) is 4.79 Å². The molecule has 0 aliphatic heterocycles. The zero-order valence-electron chi connectivity index (χ0n) is 8.90. The molecule has 2 nitrogen and oxygen atoms in total. The Morgan fingerprint density at radius 2 is 1.92 bits per heavy atom.